The van der Waals surface area contributed by atoms with Crippen molar-refractivity contribution >= 4 is 27.3 Å². The molecule has 1 N–H and O–H groups in total. The maximum atomic E-state index is 3.57. The number of rotatable bonds is 5. The van der Waals surface area contributed by atoms with Gasteiger partial charge in [-0.1, -0.05) is 12.8 Å². The molecule has 1 heterocycles. The van der Waals surface area contributed by atoms with Crippen molar-refractivity contribution in [2.45, 2.75) is 38.8 Å². The third kappa shape index (κ3) is 3.37. The number of hydrogen-bond acceptors (Lipinski definition) is 2. The lowest BCUT2D eigenvalue weighted by Gasteiger charge is -2.11. The highest BCUT2D eigenvalue weighted by Gasteiger charge is 2.23. The molecular weight excluding hydrogens is 258 g/mol. The maximum absolute atomic E-state index is 3.57. The Morgan fingerprint density at radius 1 is 1.57 bits per heavy atom. The molecule has 3 heteroatoms. The zero-order valence-corrected chi connectivity index (χ0v) is 10.8. The van der Waals surface area contributed by atoms with Crippen LogP contribution in [0.5, 0.6) is 0 Å². The van der Waals surface area contributed by atoms with Crippen molar-refractivity contribution in [1.82, 2.24) is 5.32 Å². The summed E-state index contributed by atoms with van der Waals surface area (Å²) in [6, 6.07) is 4.97. The fraction of sp³-hybridized carbons (Fsp3) is 0.636. The van der Waals surface area contributed by atoms with Crippen molar-refractivity contribution in [2.75, 3.05) is 0 Å². The molecule has 1 atom stereocenters. The predicted octanol–water partition coefficient (Wildman–Crippen LogP) is 3.79. The third-order valence-corrected chi connectivity index (χ3v) is 4.26. The Kier molecular flexibility index (Phi) is 3.63. The van der Waals surface area contributed by atoms with E-state index in [2.05, 4.69) is 40.3 Å². The fourth-order valence-corrected chi connectivity index (χ4v) is 3.09. The van der Waals surface area contributed by atoms with E-state index in [-0.39, 0.29) is 0 Å². The predicted molar refractivity (Wildman–Crippen MR) is 65.7 cm³/mol. The number of thiophene rings is 1. The lowest BCUT2D eigenvalue weighted by atomic mass is 10.1. The molecule has 1 unspecified atom stereocenters. The molecule has 0 aromatic carbocycles. The van der Waals surface area contributed by atoms with Gasteiger partial charge in [0.05, 0.1) is 3.79 Å². The zero-order valence-electron chi connectivity index (χ0n) is 8.42. The first-order chi connectivity index (χ1) is 6.74. The van der Waals surface area contributed by atoms with Crippen molar-refractivity contribution in [3.05, 3.63) is 20.8 Å². The van der Waals surface area contributed by atoms with Gasteiger partial charge in [0, 0.05) is 17.5 Å². The number of halogens is 1. The summed E-state index contributed by atoms with van der Waals surface area (Å²) in [7, 11) is 0. The van der Waals surface area contributed by atoms with Crippen LogP contribution in [0, 0.1) is 5.92 Å². The standard InChI is InChI=1S/C11H16BrNS/c1-8(6-9-2-3-9)13-7-10-4-5-11(12)14-10/h4-5,8-9,13H,2-3,6-7H2,1H3. The summed E-state index contributed by atoms with van der Waals surface area (Å²) in [5.41, 5.74) is 0. The van der Waals surface area contributed by atoms with Gasteiger partial charge in [-0.25, -0.2) is 0 Å². The Morgan fingerprint density at radius 2 is 2.36 bits per heavy atom. The Balaban J connectivity index is 1.70. The zero-order chi connectivity index (χ0) is 9.97. The summed E-state index contributed by atoms with van der Waals surface area (Å²) in [6.07, 6.45) is 4.26. The van der Waals surface area contributed by atoms with Crippen LogP contribution >= 0.6 is 27.3 Å². The molecule has 14 heavy (non-hydrogen) atoms. The molecule has 1 fully saturated rings. The van der Waals surface area contributed by atoms with Crippen molar-refractivity contribution < 1.29 is 0 Å². The molecule has 0 spiro atoms. The van der Waals surface area contributed by atoms with E-state index >= 15 is 0 Å². The normalized spacial score (nSPS) is 18.4. The van der Waals surface area contributed by atoms with Gasteiger partial charge >= 0.3 is 0 Å². The van der Waals surface area contributed by atoms with Gasteiger partial charge in [0.2, 0.25) is 0 Å². The highest BCUT2D eigenvalue weighted by molar-refractivity contribution is 9.11. The molecule has 1 nitrogen and oxygen atoms in total. The van der Waals surface area contributed by atoms with E-state index < -0.39 is 0 Å². The van der Waals surface area contributed by atoms with Crippen molar-refractivity contribution in [3.8, 4) is 0 Å². The van der Waals surface area contributed by atoms with Gasteiger partial charge in [-0.15, -0.1) is 11.3 Å². The van der Waals surface area contributed by atoms with Crippen LogP contribution in [0.1, 0.15) is 31.1 Å². The molecule has 2 rings (SSSR count). The Morgan fingerprint density at radius 3 is 2.93 bits per heavy atom. The fourth-order valence-electron chi connectivity index (χ4n) is 1.66. The second-order valence-electron chi connectivity index (χ2n) is 4.17. The second-order valence-corrected chi connectivity index (χ2v) is 6.71. The maximum Gasteiger partial charge on any atom is 0.0701 e. The summed E-state index contributed by atoms with van der Waals surface area (Å²) in [6.45, 7) is 3.31. The molecule has 1 aromatic heterocycles. The van der Waals surface area contributed by atoms with Gasteiger partial charge in [-0.3, -0.25) is 0 Å². The van der Waals surface area contributed by atoms with Crippen LogP contribution in [0.2, 0.25) is 0 Å². The first-order valence-corrected chi connectivity index (χ1v) is 6.82. The van der Waals surface area contributed by atoms with E-state index in [9.17, 15) is 0 Å². The molecule has 0 bridgehead atoms. The Bertz CT molecular complexity index is 293. The first-order valence-electron chi connectivity index (χ1n) is 5.21. The first kappa shape index (κ1) is 10.7. The van der Waals surface area contributed by atoms with Crippen LogP contribution in [-0.2, 0) is 6.54 Å². The second kappa shape index (κ2) is 4.77. The van der Waals surface area contributed by atoms with Crippen molar-refractivity contribution in [1.29, 1.82) is 0 Å². The van der Waals surface area contributed by atoms with Gasteiger partial charge in [-0.2, -0.15) is 0 Å². The third-order valence-electron chi connectivity index (χ3n) is 2.64. The van der Waals surface area contributed by atoms with Crippen LogP contribution in [0.3, 0.4) is 0 Å². The summed E-state index contributed by atoms with van der Waals surface area (Å²) >= 11 is 5.30. The van der Waals surface area contributed by atoms with Crippen molar-refractivity contribution in [3.63, 3.8) is 0 Å². The van der Waals surface area contributed by atoms with Crippen LogP contribution in [0.15, 0.2) is 15.9 Å². The Labute approximate surface area is 98.0 Å². The quantitative estimate of drug-likeness (QED) is 0.861. The minimum Gasteiger partial charge on any atom is -0.309 e. The highest BCUT2D eigenvalue weighted by atomic mass is 79.9. The topological polar surface area (TPSA) is 12.0 Å². The molecule has 0 saturated heterocycles. The number of hydrogen-bond donors (Lipinski definition) is 1. The van der Waals surface area contributed by atoms with Gasteiger partial charge in [0.1, 0.15) is 0 Å². The lowest BCUT2D eigenvalue weighted by molar-refractivity contribution is 0.490. The van der Waals surface area contributed by atoms with E-state index in [0.29, 0.717) is 6.04 Å². The van der Waals surface area contributed by atoms with Crippen LogP contribution in [0.4, 0.5) is 0 Å². The van der Waals surface area contributed by atoms with Gasteiger partial charge in [0.25, 0.3) is 0 Å². The molecule has 0 amide bonds. The Hall–Kier alpha value is 0.140. The van der Waals surface area contributed by atoms with E-state index in [1.165, 1.54) is 27.9 Å². The van der Waals surface area contributed by atoms with Crippen LogP contribution in [0.25, 0.3) is 0 Å². The minimum atomic E-state index is 0.670. The smallest absolute Gasteiger partial charge is 0.0701 e. The van der Waals surface area contributed by atoms with E-state index in [4.69, 9.17) is 0 Å². The molecule has 1 aromatic rings. The summed E-state index contributed by atoms with van der Waals surface area (Å²) in [5, 5.41) is 3.57. The van der Waals surface area contributed by atoms with E-state index in [0.717, 1.165) is 12.5 Å². The van der Waals surface area contributed by atoms with Gasteiger partial charge < -0.3 is 5.32 Å². The summed E-state index contributed by atoms with van der Waals surface area (Å²) < 4.78 is 1.23. The summed E-state index contributed by atoms with van der Waals surface area (Å²) in [4.78, 5) is 1.42. The van der Waals surface area contributed by atoms with E-state index in [1.54, 1.807) is 0 Å². The molecule has 1 aliphatic carbocycles. The van der Waals surface area contributed by atoms with Gasteiger partial charge in [-0.05, 0) is 47.3 Å². The molecule has 1 aliphatic rings. The van der Waals surface area contributed by atoms with Crippen LogP contribution in [-0.4, -0.2) is 6.04 Å². The SMILES string of the molecule is CC(CC1CC1)NCc1ccc(Br)s1. The average molecular weight is 274 g/mol. The molecule has 78 valence electrons. The van der Waals surface area contributed by atoms with Gasteiger partial charge in [0.15, 0.2) is 0 Å². The number of nitrogens with one attached hydrogen (secondary N) is 1. The average Bonchev–Trinajstić information content (AvgIpc) is 2.85. The minimum absolute atomic E-state index is 0.670. The molecule has 1 saturated carbocycles. The summed E-state index contributed by atoms with van der Waals surface area (Å²) in [5.74, 6) is 1.02. The van der Waals surface area contributed by atoms with E-state index in [1.807, 2.05) is 11.3 Å². The molecule has 0 aliphatic heterocycles. The molecule has 0 radical (unpaired) electrons. The molecular formula is C11H16BrNS. The van der Waals surface area contributed by atoms with Crippen molar-refractivity contribution in [2.24, 2.45) is 5.92 Å². The largest absolute Gasteiger partial charge is 0.309 e. The van der Waals surface area contributed by atoms with Crippen LogP contribution < -0.4 is 5.32 Å². The lowest BCUT2D eigenvalue weighted by Crippen LogP contribution is -2.25. The monoisotopic (exact) mass is 273 g/mol. The highest BCUT2D eigenvalue weighted by Crippen LogP contribution is 2.33.